The molecule has 0 aliphatic carbocycles. The van der Waals surface area contributed by atoms with Crippen LogP contribution < -0.4 is 0 Å². The van der Waals surface area contributed by atoms with E-state index >= 15 is 0 Å². The Balaban J connectivity index is 1.91. The standard InChI is InChI=1S/C19H29NO4/c1-19(2,3)24-18(22)20-12-16(9-10-21)11-17(20)14-23-13-15-7-5-4-6-8-15/h4-8,16-17,21H,9-14H2,1-3H3/t16?,17-/m0/s1. The van der Waals surface area contributed by atoms with Crippen molar-refractivity contribution >= 4 is 6.09 Å². The number of likely N-dealkylation sites (tertiary alicyclic amines) is 1. The molecule has 5 nitrogen and oxygen atoms in total. The zero-order chi connectivity index (χ0) is 17.6. The lowest BCUT2D eigenvalue weighted by Crippen LogP contribution is -2.41. The van der Waals surface area contributed by atoms with Crippen molar-refractivity contribution in [2.75, 3.05) is 19.8 Å². The Kier molecular flexibility index (Phi) is 6.63. The molecule has 0 aromatic heterocycles. The van der Waals surface area contributed by atoms with Crippen molar-refractivity contribution in [3.8, 4) is 0 Å². The number of hydrogen-bond acceptors (Lipinski definition) is 4. The van der Waals surface area contributed by atoms with Gasteiger partial charge in [0, 0.05) is 13.2 Å². The maximum Gasteiger partial charge on any atom is 0.410 e. The lowest BCUT2D eigenvalue weighted by Gasteiger charge is -2.28. The number of rotatable bonds is 6. The summed E-state index contributed by atoms with van der Waals surface area (Å²) in [6, 6.07) is 9.99. The Hall–Kier alpha value is -1.59. The Morgan fingerprint density at radius 2 is 2.00 bits per heavy atom. The van der Waals surface area contributed by atoms with Gasteiger partial charge in [0.05, 0.1) is 19.3 Å². The van der Waals surface area contributed by atoms with Crippen molar-refractivity contribution in [3.63, 3.8) is 0 Å². The number of nitrogens with zero attached hydrogens (tertiary/aromatic N) is 1. The van der Waals surface area contributed by atoms with Gasteiger partial charge in [0.15, 0.2) is 0 Å². The van der Waals surface area contributed by atoms with E-state index in [4.69, 9.17) is 9.47 Å². The average molecular weight is 335 g/mol. The van der Waals surface area contributed by atoms with Crippen molar-refractivity contribution < 1.29 is 19.4 Å². The van der Waals surface area contributed by atoms with Crippen LogP contribution in [0.25, 0.3) is 0 Å². The predicted molar refractivity (Wildman–Crippen MR) is 92.6 cm³/mol. The summed E-state index contributed by atoms with van der Waals surface area (Å²) in [6.45, 7) is 7.38. The van der Waals surface area contributed by atoms with Crippen molar-refractivity contribution in [1.82, 2.24) is 4.90 Å². The van der Waals surface area contributed by atoms with Crippen LogP contribution in [0.4, 0.5) is 4.79 Å². The van der Waals surface area contributed by atoms with Crippen LogP contribution in [0.2, 0.25) is 0 Å². The molecule has 1 saturated heterocycles. The molecule has 134 valence electrons. The molecule has 1 amide bonds. The highest BCUT2D eigenvalue weighted by Gasteiger charge is 2.37. The van der Waals surface area contributed by atoms with Crippen LogP contribution in [-0.2, 0) is 16.1 Å². The quantitative estimate of drug-likeness (QED) is 0.867. The summed E-state index contributed by atoms with van der Waals surface area (Å²) in [4.78, 5) is 14.2. The predicted octanol–water partition coefficient (Wildman–Crippen LogP) is 3.21. The van der Waals surface area contributed by atoms with Crippen molar-refractivity contribution in [2.45, 2.75) is 51.9 Å². The molecule has 24 heavy (non-hydrogen) atoms. The topological polar surface area (TPSA) is 59.0 Å². The van der Waals surface area contributed by atoms with Crippen LogP contribution in [0.1, 0.15) is 39.2 Å². The minimum Gasteiger partial charge on any atom is -0.444 e. The molecule has 1 fully saturated rings. The number of aliphatic hydroxyl groups excluding tert-OH is 1. The van der Waals surface area contributed by atoms with Gasteiger partial charge >= 0.3 is 6.09 Å². The number of ether oxygens (including phenoxy) is 2. The highest BCUT2D eigenvalue weighted by atomic mass is 16.6. The molecule has 0 radical (unpaired) electrons. The smallest absolute Gasteiger partial charge is 0.410 e. The molecule has 1 aliphatic heterocycles. The molecule has 1 N–H and O–H groups in total. The first-order valence-corrected chi connectivity index (χ1v) is 8.61. The molecule has 0 bridgehead atoms. The van der Waals surface area contributed by atoms with Gasteiger partial charge in [-0.3, -0.25) is 0 Å². The zero-order valence-corrected chi connectivity index (χ0v) is 14.9. The summed E-state index contributed by atoms with van der Waals surface area (Å²) in [6.07, 6.45) is 1.25. The molecule has 5 heteroatoms. The third kappa shape index (κ3) is 5.80. The summed E-state index contributed by atoms with van der Waals surface area (Å²) >= 11 is 0. The first kappa shape index (κ1) is 18.7. The summed E-state index contributed by atoms with van der Waals surface area (Å²) in [5, 5.41) is 9.18. The largest absolute Gasteiger partial charge is 0.444 e. The second-order valence-electron chi connectivity index (χ2n) is 7.40. The van der Waals surface area contributed by atoms with Gasteiger partial charge < -0.3 is 19.5 Å². The number of aliphatic hydroxyl groups is 1. The van der Waals surface area contributed by atoms with Gasteiger partial charge in [-0.15, -0.1) is 0 Å². The normalized spacial score (nSPS) is 21.1. The third-order valence-corrected chi connectivity index (χ3v) is 4.09. The molecule has 2 atom stereocenters. The number of carbonyl (C=O) groups is 1. The van der Waals surface area contributed by atoms with E-state index in [-0.39, 0.29) is 18.7 Å². The maximum absolute atomic E-state index is 12.4. The lowest BCUT2D eigenvalue weighted by atomic mass is 10.0. The van der Waals surface area contributed by atoms with Gasteiger partial charge in [0.1, 0.15) is 5.60 Å². The Labute approximate surface area is 144 Å². The fourth-order valence-electron chi connectivity index (χ4n) is 2.99. The molecular formula is C19H29NO4. The van der Waals surface area contributed by atoms with Gasteiger partial charge in [-0.05, 0) is 45.1 Å². The maximum atomic E-state index is 12.4. The van der Waals surface area contributed by atoms with E-state index in [1.807, 2.05) is 51.1 Å². The van der Waals surface area contributed by atoms with Crippen molar-refractivity contribution in [3.05, 3.63) is 35.9 Å². The van der Waals surface area contributed by atoms with E-state index in [0.717, 1.165) is 12.0 Å². The first-order chi connectivity index (χ1) is 11.4. The van der Waals surface area contributed by atoms with Gasteiger partial charge in [-0.25, -0.2) is 4.79 Å². The fourth-order valence-corrected chi connectivity index (χ4v) is 2.99. The minimum atomic E-state index is -0.512. The monoisotopic (exact) mass is 335 g/mol. The fraction of sp³-hybridized carbons (Fsp3) is 0.632. The highest BCUT2D eigenvalue weighted by molar-refractivity contribution is 5.69. The van der Waals surface area contributed by atoms with Gasteiger partial charge in [-0.2, -0.15) is 0 Å². The molecule has 1 aromatic carbocycles. The minimum absolute atomic E-state index is 0.000104. The van der Waals surface area contributed by atoms with Crippen LogP contribution in [0.5, 0.6) is 0 Å². The van der Waals surface area contributed by atoms with E-state index in [1.54, 1.807) is 4.90 Å². The first-order valence-electron chi connectivity index (χ1n) is 8.61. The molecule has 1 aromatic rings. The van der Waals surface area contributed by atoms with Gasteiger partial charge in [0.25, 0.3) is 0 Å². The van der Waals surface area contributed by atoms with Crippen LogP contribution in [0.15, 0.2) is 30.3 Å². The summed E-state index contributed by atoms with van der Waals surface area (Å²) in [5.74, 6) is 0.299. The molecule has 0 spiro atoms. The Bertz CT molecular complexity index is 512. The molecule has 1 unspecified atom stereocenters. The van der Waals surface area contributed by atoms with E-state index in [0.29, 0.717) is 32.1 Å². The van der Waals surface area contributed by atoms with E-state index in [9.17, 15) is 9.90 Å². The lowest BCUT2D eigenvalue weighted by molar-refractivity contribution is 0.00858. The second-order valence-corrected chi connectivity index (χ2v) is 7.40. The van der Waals surface area contributed by atoms with Crippen LogP contribution >= 0.6 is 0 Å². The van der Waals surface area contributed by atoms with Crippen LogP contribution in [0.3, 0.4) is 0 Å². The number of amides is 1. The second kappa shape index (κ2) is 8.49. The van der Waals surface area contributed by atoms with Gasteiger partial charge in [-0.1, -0.05) is 30.3 Å². The van der Waals surface area contributed by atoms with Crippen molar-refractivity contribution in [1.29, 1.82) is 0 Å². The summed E-state index contributed by atoms with van der Waals surface area (Å²) in [5.41, 5.74) is 0.605. The molecule has 0 saturated carbocycles. The number of benzene rings is 1. The summed E-state index contributed by atoms with van der Waals surface area (Å²) in [7, 11) is 0. The number of hydrogen-bond donors (Lipinski definition) is 1. The highest BCUT2D eigenvalue weighted by Crippen LogP contribution is 2.28. The van der Waals surface area contributed by atoms with Crippen LogP contribution in [-0.4, -0.2) is 47.5 Å². The number of carbonyl (C=O) groups excluding carboxylic acids is 1. The zero-order valence-electron chi connectivity index (χ0n) is 14.9. The average Bonchev–Trinajstić information content (AvgIpc) is 2.90. The molecule has 1 heterocycles. The third-order valence-electron chi connectivity index (χ3n) is 4.09. The Morgan fingerprint density at radius 1 is 1.29 bits per heavy atom. The SMILES string of the molecule is CC(C)(C)OC(=O)N1CC(CCO)C[C@H]1COCc1ccccc1. The van der Waals surface area contributed by atoms with Crippen LogP contribution in [0, 0.1) is 5.92 Å². The van der Waals surface area contributed by atoms with E-state index in [2.05, 4.69) is 0 Å². The molecule has 2 rings (SSSR count). The molecule has 1 aliphatic rings. The summed E-state index contributed by atoms with van der Waals surface area (Å²) < 4.78 is 11.3. The van der Waals surface area contributed by atoms with E-state index < -0.39 is 5.60 Å². The van der Waals surface area contributed by atoms with E-state index in [1.165, 1.54) is 0 Å². The van der Waals surface area contributed by atoms with Gasteiger partial charge in [0.2, 0.25) is 0 Å². The van der Waals surface area contributed by atoms with Crippen molar-refractivity contribution in [2.24, 2.45) is 5.92 Å². The Morgan fingerprint density at radius 3 is 2.62 bits per heavy atom. The molecular weight excluding hydrogens is 306 g/mol.